The summed E-state index contributed by atoms with van der Waals surface area (Å²) < 4.78 is 2.25. The molecule has 0 radical (unpaired) electrons. The van der Waals surface area contributed by atoms with Gasteiger partial charge in [0.05, 0.1) is 6.33 Å². The van der Waals surface area contributed by atoms with E-state index in [1.807, 2.05) is 18.1 Å². The van der Waals surface area contributed by atoms with Crippen LogP contribution in [0, 0.1) is 0 Å². The van der Waals surface area contributed by atoms with Gasteiger partial charge in [-0.1, -0.05) is 6.92 Å². The largest absolute Gasteiger partial charge is 0.368 e. The highest BCUT2D eigenvalue weighted by molar-refractivity contribution is 7.99. The van der Waals surface area contributed by atoms with E-state index in [2.05, 4.69) is 27.1 Å². The second-order valence-corrected chi connectivity index (χ2v) is 8.57. The van der Waals surface area contributed by atoms with Gasteiger partial charge in [0, 0.05) is 30.4 Å². The molecule has 0 aromatic carbocycles. The van der Waals surface area contributed by atoms with Crippen molar-refractivity contribution in [3.05, 3.63) is 6.33 Å². The molecule has 2 aromatic rings. The molecule has 0 spiro atoms. The zero-order chi connectivity index (χ0) is 17.9. The molecule has 28 heavy (non-hydrogen) atoms. The fourth-order valence-corrected chi connectivity index (χ4v) is 5.01. The Kier molecular flexibility index (Phi) is 8.92. The fraction of sp³-hybridized carbons (Fsp3) is 0.722. The molecular formula is C18H31Cl2N7S. The van der Waals surface area contributed by atoms with E-state index < -0.39 is 0 Å². The van der Waals surface area contributed by atoms with E-state index in [0.717, 1.165) is 61.4 Å². The van der Waals surface area contributed by atoms with Crippen LogP contribution in [0.4, 0.5) is 11.8 Å². The van der Waals surface area contributed by atoms with Crippen LogP contribution in [0.2, 0.25) is 0 Å². The summed E-state index contributed by atoms with van der Waals surface area (Å²) in [6.45, 7) is 3.04. The van der Waals surface area contributed by atoms with Crippen molar-refractivity contribution >= 4 is 59.5 Å². The molecule has 4 N–H and O–H groups in total. The van der Waals surface area contributed by atoms with Gasteiger partial charge < -0.3 is 20.9 Å². The van der Waals surface area contributed by atoms with Crippen LogP contribution in [-0.2, 0) is 0 Å². The number of nitrogens with zero attached hydrogens (tertiary/aromatic N) is 4. The summed E-state index contributed by atoms with van der Waals surface area (Å²) in [5.41, 5.74) is 7.86. The van der Waals surface area contributed by atoms with Crippen molar-refractivity contribution in [2.24, 2.45) is 5.73 Å². The molecule has 10 heteroatoms. The predicted octanol–water partition coefficient (Wildman–Crippen LogP) is 3.85. The molecule has 1 atom stereocenters. The molecule has 0 bridgehead atoms. The Morgan fingerprint density at radius 3 is 2.64 bits per heavy atom. The zero-order valence-corrected chi connectivity index (χ0v) is 18.7. The van der Waals surface area contributed by atoms with Gasteiger partial charge in [-0.3, -0.25) is 0 Å². The topological polar surface area (TPSA) is 93.7 Å². The van der Waals surface area contributed by atoms with E-state index in [0.29, 0.717) is 24.1 Å². The number of imidazole rings is 1. The molecule has 1 aliphatic heterocycles. The van der Waals surface area contributed by atoms with Gasteiger partial charge in [-0.05, 0) is 44.3 Å². The lowest BCUT2D eigenvalue weighted by Gasteiger charge is -2.27. The highest BCUT2D eigenvalue weighted by Gasteiger charge is 2.23. The summed E-state index contributed by atoms with van der Waals surface area (Å²) in [6, 6.07) is 1.24. The summed E-state index contributed by atoms with van der Waals surface area (Å²) >= 11 is 2.00. The summed E-state index contributed by atoms with van der Waals surface area (Å²) in [4.78, 5) is 14.2. The van der Waals surface area contributed by atoms with Crippen molar-refractivity contribution in [3.8, 4) is 0 Å². The Morgan fingerprint density at radius 2 is 1.96 bits per heavy atom. The normalized spacial score (nSPS) is 24.4. The second kappa shape index (κ2) is 10.7. The maximum atomic E-state index is 6.04. The second-order valence-electron chi connectivity index (χ2n) is 7.42. The van der Waals surface area contributed by atoms with Crippen LogP contribution in [0.3, 0.4) is 0 Å². The van der Waals surface area contributed by atoms with Crippen molar-refractivity contribution in [2.45, 2.75) is 63.6 Å². The van der Waals surface area contributed by atoms with Gasteiger partial charge >= 0.3 is 0 Å². The fourth-order valence-electron chi connectivity index (χ4n) is 3.80. The van der Waals surface area contributed by atoms with Gasteiger partial charge in [0.15, 0.2) is 17.0 Å². The van der Waals surface area contributed by atoms with Crippen LogP contribution in [0.1, 0.15) is 51.5 Å². The zero-order valence-electron chi connectivity index (χ0n) is 16.3. The number of aromatic nitrogens is 4. The molecule has 1 saturated heterocycles. The minimum Gasteiger partial charge on any atom is -0.368 e. The summed E-state index contributed by atoms with van der Waals surface area (Å²) in [5, 5.41) is 6.99. The van der Waals surface area contributed by atoms with Crippen molar-refractivity contribution in [1.82, 2.24) is 19.5 Å². The first-order valence-corrected chi connectivity index (χ1v) is 11.0. The molecule has 7 nitrogen and oxygen atoms in total. The number of anilines is 2. The van der Waals surface area contributed by atoms with Crippen LogP contribution in [-0.4, -0.2) is 49.7 Å². The van der Waals surface area contributed by atoms with Crippen molar-refractivity contribution in [1.29, 1.82) is 0 Å². The highest BCUT2D eigenvalue weighted by atomic mass is 35.5. The summed E-state index contributed by atoms with van der Waals surface area (Å²) in [7, 11) is 0. The maximum absolute atomic E-state index is 6.04. The predicted molar refractivity (Wildman–Crippen MR) is 123 cm³/mol. The van der Waals surface area contributed by atoms with Crippen LogP contribution in [0.25, 0.3) is 11.2 Å². The van der Waals surface area contributed by atoms with Gasteiger partial charge in [0.1, 0.15) is 0 Å². The number of nitrogens with two attached hydrogens (primary N) is 1. The maximum Gasteiger partial charge on any atom is 0.227 e. The Hall–Kier alpha value is -0.960. The lowest BCUT2D eigenvalue weighted by molar-refractivity contribution is 0.410. The third-order valence-corrected chi connectivity index (χ3v) is 6.51. The highest BCUT2D eigenvalue weighted by Crippen LogP contribution is 2.32. The molecule has 2 aliphatic rings. The van der Waals surface area contributed by atoms with Crippen LogP contribution in [0.5, 0.6) is 0 Å². The first-order valence-electron chi connectivity index (χ1n) is 9.83. The van der Waals surface area contributed by atoms with Gasteiger partial charge in [-0.2, -0.15) is 21.7 Å². The number of hydrogen-bond donors (Lipinski definition) is 3. The van der Waals surface area contributed by atoms with Gasteiger partial charge in [0.25, 0.3) is 0 Å². The van der Waals surface area contributed by atoms with E-state index in [1.54, 1.807) is 0 Å². The lowest BCUT2D eigenvalue weighted by Crippen LogP contribution is -2.33. The average Bonchev–Trinajstić information content (AvgIpc) is 3.31. The quantitative estimate of drug-likeness (QED) is 0.618. The molecule has 3 heterocycles. The molecular weight excluding hydrogens is 417 g/mol. The van der Waals surface area contributed by atoms with Crippen LogP contribution in [0.15, 0.2) is 6.33 Å². The minimum atomic E-state index is 0. The monoisotopic (exact) mass is 447 g/mol. The third kappa shape index (κ3) is 5.14. The van der Waals surface area contributed by atoms with Crippen LogP contribution < -0.4 is 16.4 Å². The number of hydrogen-bond acceptors (Lipinski definition) is 7. The molecule has 158 valence electrons. The minimum absolute atomic E-state index is 0. The number of thioether (sulfide) groups is 1. The molecule has 1 saturated carbocycles. The van der Waals surface area contributed by atoms with Crippen molar-refractivity contribution in [2.75, 3.05) is 28.7 Å². The van der Waals surface area contributed by atoms with Crippen molar-refractivity contribution in [3.63, 3.8) is 0 Å². The first kappa shape index (κ1) is 23.3. The molecule has 0 amide bonds. The summed E-state index contributed by atoms with van der Waals surface area (Å²) in [5.74, 6) is 3.90. The Bertz CT molecular complexity index is 743. The SMILES string of the molecule is CCCNc1nc(N[C@H]2CC[C@H](N)CC2)nc2c1ncn2C1CCSC1.Cl.Cl. The average molecular weight is 448 g/mol. The van der Waals surface area contributed by atoms with E-state index in [1.165, 1.54) is 12.2 Å². The number of halogens is 2. The van der Waals surface area contributed by atoms with Gasteiger partial charge in [0.2, 0.25) is 5.95 Å². The van der Waals surface area contributed by atoms with Crippen molar-refractivity contribution < 1.29 is 0 Å². The Morgan fingerprint density at radius 1 is 1.18 bits per heavy atom. The Balaban J connectivity index is 0.00000140. The van der Waals surface area contributed by atoms with E-state index in [9.17, 15) is 0 Å². The number of rotatable bonds is 6. The Labute approximate surface area is 183 Å². The third-order valence-electron chi connectivity index (χ3n) is 5.37. The standard InChI is InChI=1S/C18H29N7S.2ClH/c1-2-8-20-16-15-17(25(11-21-15)14-7-9-26-10-14)24-18(23-16)22-13-5-3-12(19)4-6-13;;/h11-14H,2-10,19H2,1H3,(H2,20,22,23,24);2*1H/t12-,13-,14?;;. The molecule has 4 rings (SSSR count). The lowest BCUT2D eigenvalue weighted by atomic mass is 9.92. The van der Waals surface area contributed by atoms with Gasteiger partial charge in [-0.25, -0.2) is 4.98 Å². The van der Waals surface area contributed by atoms with E-state index in [-0.39, 0.29) is 24.8 Å². The molecule has 1 unspecified atom stereocenters. The van der Waals surface area contributed by atoms with Crippen LogP contribution >= 0.6 is 36.6 Å². The molecule has 1 aliphatic carbocycles. The van der Waals surface area contributed by atoms with E-state index >= 15 is 0 Å². The smallest absolute Gasteiger partial charge is 0.227 e. The van der Waals surface area contributed by atoms with Gasteiger partial charge in [-0.15, -0.1) is 24.8 Å². The number of fused-ring (bicyclic) bond motifs is 1. The molecule has 2 aromatic heterocycles. The number of nitrogens with one attached hydrogen (secondary N) is 2. The first-order chi connectivity index (χ1) is 12.7. The van der Waals surface area contributed by atoms with E-state index in [4.69, 9.17) is 15.7 Å². The molecule has 2 fully saturated rings. The summed E-state index contributed by atoms with van der Waals surface area (Å²) in [6.07, 6.45) is 8.47.